The number of esters is 1. The van der Waals surface area contributed by atoms with Crippen molar-refractivity contribution >= 4 is 5.97 Å². The largest absolute Gasteiger partial charge is 0.467 e. The van der Waals surface area contributed by atoms with Crippen LogP contribution in [0.3, 0.4) is 0 Å². The van der Waals surface area contributed by atoms with Crippen molar-refractivity contribution < 1.29 is 14.3 Å². The molecule has 0 bridgehead atoms. The molecule has 0 N–H and O–H groups in total. The zero-order valence-corrected chi connectivity index (χ0v) is 11.7. The molecule has 3 rings (SSSR count). The second-order valence-electron chi connectivity index (χ2n) is 5.95. The van der Waals surface area contributed by atoms with Gasteiger partial charge in [-0.25, -0.2) is 4.79 Å². The molecule has 0 unspecified atom stereocenters. The van der Waals surface area contributed by atoms with Gasteiger partial charge in [-0.2, -0.15) is 0 Å². The topological polar surface area (TPSA) is 38.8 Å². The standard InChI is InChI=1S/C16H20O3/c1-11(2)15(9-10-15)16(14(17)18-3)13(19-16)12-7-5-4-6-8-12/h4-8,11,13H,9-10H2,1-3H3/t13-,16-/m0/s1. The van der Waals surface area contributed by atoms with Gasteiger partial charge >= 0.3 is 5.97 Å². The highest BCUT2D eigenvalue weighted by Crippen LogP contribution is 2.72. The fourth-order valence-corrected chi connectivity index (χ4v) is 3.48. The van der Waals surface area contributed by atoms with Crippen molar-refractivity contribution in [1.29, 1.82) is 0 Å². The first-order valence-corrected chi connectivity index (χ1v) is 6.89. The number of hydrogen-bond donors (Lipinski definition) is 0. The number of hydrogen-bond acceptors (Lipinski definition) is 3. The van der Waals surface area contributed by atoms with Crippen LogP contribution in [0.2, 0.25) is 0 Å². The van der Waals surface area contributed by atoms with Crippen LogP contribution in [0.25, 0.3) is 0 Å². The molecule has 1 aromatic rings. The van der Waals surface area contributed by atoms with Gasteiger partial charge in [0.15, 0.2) is 0 Å². The van der Waals surface area contributed by atoms with E-state index in [1.165, 1.54) is 7.11 Å². The van der Waals surface area contributed by atoms with Gasteiger partial charge < -0.3 is 9.47 Å². The smallest absolute Gasteiger partial charge is 0.341 e. The molecule has 0 amide bonds. The first-order valence-electron chi connectivity index (χ1n) is 6.89. The fourth-order valence-electron chi connectivity index (χ4n) is 3.48. The maximum atomic E-state index is 12.3. The molecule has 0 aromatic heterocycles. The van der Waals surface area contributed by atoms with Crippen molar-refractivity contribution in [2.75, 3.05) is 7.11 Å². The Hall–Kier alpha value is -1.35. The van der Waals surface area contributed by atoms with E-state index in [1.807, 2.05) is 30.3 Å². The summed E-state index contributed by atoms with van der Waals surface area (Å²) in [5.41, 5.74) is 0.276. The number of carbonyl (C=O) groups excluding carboxylic acids is 1. The Morgan fingerprint density at radius 3 is 2.42 bits per heavy atom. The Labute approximate surface area is 113 Å². The molecule has 2 fully saturated rings. The Kier molecular flexibility index (Phi) is 2.72. The summed E-state index contributed by atoms with van der Waals surface area (Å²) in [6.45, 7) is 4.34. The van der Waals surface area contributed by atoms with Gasteiger partial charge in [0.25, 0.3) is 0 Å². The zero-order chi connectivity index (χ0) is 13.7. The van der Waals surface area contributed by atoms with Crippen molar-refractivity contribution in [1.82, 2.24) is 0 Å². The summed E-state index contributed by atoms with van der Waals surface area (Å²) in [6.07, 6.45) is 1.94. The molecular formula is C16H20O3. The minimum Gasteiger partial charge on any atom is -0.467 e. The van der Waals surface area contributed by atoms with E-state index in [0.717, 1.165) is 18.4 Å². The first-order chi connectivity index (χ1) is 9.08. The van der Waals surface area contributed by atoms with Crippen LogP contribution < -0.4 is 0 Å². The highest BCUT2D eigenvalue weighted by Gasteiger charge is 2.79. The highest BCUT2D eigenvalue weighted by molar-refractivity contribution is 5.86. The molecule has 2 atom stereocenters. The van der Waals surface area contributed by atoms with E-state index in [2.05, 4.69) is 13.8 Å². The molecule has 0 spiro atoms. The Morgan fingerprint density at radius 2 is 1.95 bits per heavy atom. The normalized spacial score (nSPS) is 31.1. The molecule has 19 heavy (non-hydrogen) atoms. The van der Waals surface area contributed by atoms with Crippen molar-refractivity contribution in [2.24, 2.45) is 11.3 Å². The van der Waals surface area contributed by atoms with Gasteiger partial charge in [-0.1, -0.05) is 44.2 Å². The van der Waals surface area contributed by atoms with Gasteiger partial charge in [0.1, 0.15) is 6.10 Å². The fraction of sp³-hybridized carbons (Fsp3) is 0.562. The zero-order valence-electron chi connectivity index (χ0n) is 11.7. The molecule has 0 radical (unpaired) electrons. The van der Waals surface area contributed by atoms with E-state index in [0.29, 0.717) is 5.92 Å². The SMILES string of the molecule is COC(=O)[C@@]1(C2(C(C)C)CC2)O[C@H]1c1ccccc1. The van der Waals surface area contributed by atoms with E-state index in [9.17, 15) is 4.79 Å². The summed E-state index contributed by atoms with van der Waals surface area (Å²) in [6, 6.07) is 9.97. The molecule has 1 aromatic carbocycles. The molecule has 1 saturated heterocycles. The van der Waals surface area contributed by atoms with Gasteiger partial charge in [0.2, 0.25) is 5.60 Å². The van der Waals surface area contributed by atoms with E-state index in [-0.39, 0.29) is 17.5 Å². The number of rotatable bonds is 4. The Morgan fingerprint density at radius 1 is 1.32 bits per heavy atom. The van der Waals surface area contributed by atoms with Crippen molar-refractivity contribution in [3.8, 4) is 0 Å². The molecular weight excluding hydrogens is 240 g/mol. The van der Waals surface area contributed by atoms with Gasteiger partial charge in [-0.15, -0.1) is 0 Å². The van der Waals surface area contributed by atoms with E-state index < -0.39 is 5.60 Å². The minimum absolute atomic E-state index is 0.0411. The van der Waals surface area contributed by atoms with Crippen LogP contribution in [0.1, 0.15) is 38.4 Å². The molecule has 1 aliphatic carbocycles. The Balaban J connectivity index is 1.97. The molecule has 1 aliphatic heterocycles. The lowest BCUT2D eigenvalue weighted by atomic mass is 9.76. The lowest BCUT2D eigenvalue weighted by Crippen LogP contribution is -2.40. The van der Waals surface area contributed by atoms with Gasteiger partial charge in [-0.05, 0) is 24.3 Å². The second-order valence-corrected chi connectivity index (χ2v) is 5.95. The summed E-state index contributed by atoms with van der Waals surface area (Å²) < 4.78 is 11.0. The number of benzene rings is 1. The summed E-state index contributed by atoms with van der Waals surface area (Å²) in [5.74, 6) is 0.202. The third-order valence-corrected chi connectivity index (χ3v) is 4.84. The number of epoxide rings is 1. The second kappa shape index (κ2) is 4.07. The molecule has 1 heterocycles. The molecule has 1 saturated carbocycles. The van der Waals surface area contributed by atoms with Crippen LogP contribution in [0, 0.1) is 11.3 Å². The van der Waals surface area contributed by atoms with E-state index in [4.69, 9.17) is 9.47 Å². The quantitative estimate of drug-likeness (QED) is 0.617. The number of carbonyl (C=O) groups is 1. The third kappa shape index (κ3) is 1.57. The van der Waals surface area contributed by atoms with E-state index in [1.54, 1.807) is 0 Å². The van der Waals surface area contributed by atoms with Crippen molar-refractivity contribution in [2.45, 2.75) is 38.4 Å². The highest BCUT2D eigenvalue weighted by atomic mass is 16.7. The first kappa shape index (κ1) is 12.7. The van der Waals surface area contributed by atoms with Gasteiger partial charge in [0.05, 0.1) is 7.11 Å². The lowest BCUT2D eigenvalue weighted by molar-refractivity contribution is -0.151. The van der Waals surface area contributed by atoms with Crippen LogP contribution >= 0.6 is 0 Å². The van der Waals surface area contributed by atoms with Crippen LogP contribution in [0.15, 0.2) is 30.3 Å². The van der Waals surface area contributed by atoms with Crippen LogP contribution in [-0.4, -0.2) is 18.7 Å². The lowest BCUT2D eigenvalue weighted by Gasteiger charge is -2.26. The molecule has 3 heteroatoms. The van der Waals surface area contributed by atoms with Crippen molar-refractivity contribution in [3.63, 3.8) is 0 Å². The summed E-state index contributed by atoms with van der Waals surface area (Å²) in [5, 5.41) is 0. The van der Waals surface area contributed by atoms with Crippen LogP contribution in [0.5, 0.6) is 0 Å². The monoisotopic (exact) mass is 260 g/mol. The van der Waals surface area contributed by atoms with Crippen LogP contribution in [0.4, 0.5) is 0 Å². The average Bonchev–Trinajstić information content (AvgIpc) is 3.29. The number of methoxy groups -OCH3 is 1. The summed E-state index contributed by atoms with van der Waals surface area (Å²) >= 11 is 0. The molecule has 102 valence electrons. The third-order valence-electron chi connectivity index (χ3n) is 4.84. The minimum atomic E-state index is -0.753. The van der Waals surface area contributed by atoms with Crippen molar-refractivity contribution in [3.05, 3.63) is 35.9 Å². The predicted octanol–water partition coefficient (Wildman–Crippen LogP) is 3.11. The summed E-state index contributed by atoms with van der Waals surface area (Å²) in [7, 11) is 1.45. The van der Waals surface area contributed by atoms with Crippen LogP contribution in [-0.2, 0) is 14.3 Å². The van der Waals surface area contributed by atoms with Gasteiger partial charge in [-0.3, -0.25) is 0 Å². The van der Waals surface area contributed by atoms with E-state index >= 15 is 0 Å². The maximum absolute atomic E-state index is 12.3. The van der Waals surface area contributed by atoms with Gasteiger partial charge in [0, 0.05) is 5.41 Å². The average molecular weight is 260 g/mol. The molecule has 2 aliphatic rings. The molecule has 3 nitrogen and oxygen atoms in total. The number of ether oxygens (including phenoxy) is 2. The summed E-state index contributed by atoms with van der Waals surface area (Å²) in [4.78, 5) is 12.3. The maximum Gasteiger partial charge on any atom is 0.341 e. The predicted molar refractivity (Wildman–Crippen MR) is 71.5 cm³/mol. The Bertz CT molecular complexity index is 490.